The normalized spacial score (nSPS) is 10.7. The smallest absolute Gasteiger partial charge is 0.289 e. The molecule has 0 aliphatic heterocycles. The monoisotopic (exact) mass is 304 g/mol. The number of fused-ring (bicyclic) bond motifs is 1. The lowest BCUT2D eigenvalue weighted by molar-refractivity contribution is -0.385. The number of hydrogen-bond acceptors (Lipinski definition) is 6. The molecule has 0 aliphatic carbocycles. The summed E-state index contributed by atoms with van der Waals surface area (Å²) in [4.78, 5) is 18.2. The maximum absolute atomic E-state index is 10.6. The van der Waals surface area contributed by atoms with Gasteiger partial charge >= 0.3 is 0 Å². The van der Waals surface area contributed by atoms with E-state index in [9.17, 15) is 10.1 Å². The number of nitrogens with one attached hydrogen (secondary N) is 1. The van der Waals surface area contributed by atoms with Gasteiger partial charge in [0.15, 0.2) is 5.65 Å². The summed E-state index contributed by atoms with van der Waals surface area (Å²) in [6.07, 6.45) is 4.49. The van der Waals surface area contributed by atoms with Crippen LogP contribution in [-0.2, 0) is 6.54 Å². The first-order chi connectivity index (χ1) is 10.1. The Morgan fingerprint density at radius 3 is 2.95 bits per heavy atom. The third-order valence-electron chi connectivity index (χ3n) is 2.84. The summed E-state index contributed by atoms with van der Waals surface area (Å²) >= 11 is 5.97. The van der Waals surface area contributed by atoms with Crippen LogP contribution in [0.25, 0.3) is 5.65 Å². The maximum Gasteiger partial charge on any atom is 0.289 e. The van der Waals surface area contributed by atoms with Crippen LogP contribution < -0.4 is 5.32 Å². The molecule has 0 unspecified atom stereocenters. The lowest BCUT2D eigenvalue weighted by Crippen LogP contribution is -2.08. The van der Waals surface area contributed by atoms with Gasteiger partial charge in [0.05, 0.1) is 28.4 Å². The Labute approximate surface area is 123 Å². The summed E-state index contributed by atoms with van der Waals surface area (Å²) in [5.74, 6) is 0.374. The predicted octanol–water partition coefficient (Wildman–Crippen LogP) is 2.30. The minimum absolute atomic E-state index is 0.149. The standard InChI is InChI=1S/C12H9ClN6O2/c13-10-5-9(19(20)21)7-16-12(10)15-6-8-1-3-14-11-2-4-17-18(8)11/h1-5,7H,6H2,(H,15,16). The topological polar surface area (TPSA) is 98.2 Å². The number of pyridine rings is 1. The molecular formula is C12H9ClN6O2. The molecule has 3 heterocycles. The second-order valence-corrected chi connectivity index (χ2v) is 4.58. The molecule has 0 atom stereocenters. The Balaban J connectivity index is 1.82. The summed E-state index contributed by atoms with van der Waals surface area (Å²) in [5, 5.41) is 18.0. The molecule has 0 saturated carbocycles. The molecule has 8 nitrogen and oxygen atoms in total. The van der Waals surface area contributed by atoms with Crippen molar-refractivity contribution in [2.75, 3.05) is 5.32 Å². The van der Waals surface area contributed by atoms with E-state index in [2.05, 4.69) is 20.4 Å². The van der Waals surface area contributed by atoms with Crippen molar-refractivity contribution in [3.63, 3.8) is 0 Å². The third kappa shape index (κ3) is 2.61. The van der Waals surface area contributed by atoms with Gasteiger partial charge in [0.25, 0.3) is 5.69 Å². The molecule has 3 aromatic rings. The second kappa shape index (κ2) is 5.33. The number of nitrogens with zero attached hydrogens (tertiary/aromatic N) is 5. The predicted molar refractivity (Wildman–Crippen MR) is 76.2 cm³/mol. The van der Waals surface area contributed by atoms with Gasteiger partial charge in [-0.25, -0.2) is 14.5 Å². The van der Waals surface area contributed by atoms with Gasteiger partial charge in [0.1, 0.15) is 12.0 Å². The average molecular weight is 305 g/mol. The SMILES string of the molecule is O=[N+]([O-])c1cnc(NCc2ccnc3ccnn23)c(Cl)c1. The number of aromatic nitrogens is 4. The highest BCUT2D eigenvalue weighted by atomic mass is 35.5. The van der Waals surface area contributed by atoms with Crippen LogP contribution in [-0.4, -0.2) is 24.5 Å². The van der Waals surface area contributed by atoms with E-state index in [0.29, 0.717) is 12.4 Å². The van der Waals surface area contributed by atoms with E-state index in [1.165, 1.54) is 6.07 Å². The minimum Gasteiger partial charge on any atom is -0.363 e. The summed E-state index contributed by atoms with van der Waals surface area (Å²) < 4.78 is 1.69. The molecule has 3 aromatic heterocycles. The number of halogens is 1. The molecule has 21 heavy (non-hydrogen) atoms. The van der Waals surface area contributed by atoms with Crippen molar-refractivity contribution in [2.24, 2.45) is 0 Å². The van der Waals surface area contributed by atoms with Crippen molar-refractivity contribution in [2.45, 2.75) is 6.54 Å². The van der Waals surface area contributed by atoms with Gasteiger partial charge in [0, 0.05) is 18.3 Å². The van der Waals surface area contributed by atoms with E-state index >= 15 is 0 Å². The zero-order chi connectivity index (χ0) is 14.8. The highest BCUT2D eigenvalue weighted by Crippen LogP contribution is 2.24. The van der Waals surface area contributed by atoms with E-state index in [4.69, 9.17) is 11.6 Å². The maximum atomic E-state index is 10.6. The molecule has 0 radical (unpaired) electrons. The van der Waals surface area contributed by atoms with Crippen molar-refractivity contribution < 1.29 is 4.92 Å². The van der Waals surface area contributed by atoms with Crippen LogP contribution in [0.2, 0.25) is 5.02 Å². The first-order valence-electron chi connectivity index (χ1n) is 5.96. The first-order valence-corrected chi connectivity index (χ1v) is 6.34. The van der Waals surface area contributed by atoms with E-state index in [1.807, 2.05) is 6.07 Å². The Morgan fingerprint density at radius 2 is 2.19 bits per heavy atom. The molecule has 1 N–H and O–H groups in total. The van der Waals surface area contributed by atoms with E-state index in [-0.39, 0.29) is 10.7 Å². The van der Waals surface area contributed by atoms with Gasteiger partial charge in [0.2, 0.25) is 0 Å². The molecular weight excluding hydrogens is 296 g/mol. The highest BCUT2D eigenvalue weighted by molar-refractivity contribution is 6.33. The van der Waals surface area contributed by atoms with Crippen LogP contribution >= 0.6 is 11.6 Å². The molecule has 106 valence electrons. The first kappa shape index (κ1) is 13.3. The van der Waals surface area contributed by atoms with Gasteiger partial charge in [-0.1, -0.05) is 11.6 Å². The zero-order valence-electron chi connectivity index (χ0n) is 10.6. The van der Waals surface area contributed by atoms with Crippen molar-refractivity contribution in [3.8, 4) is 0 Å². The number of rotatable bonds is 4. The van der Waals surface area contributed by atoms with E-state index in [0.717, 1.165) is 17.5 Å². The lowest BCUT2D eigenvalue weighted by Gasteiger charge is -2.08. The van der Waals surface area contributed by atoms with Gasteiger partial charge in [-0.15, -0.1) is 0 Å². The third-order valence-corrected chi connectivity index (χ3v) is 3.13. The molecule has 3 rings (SSSR count). The van der Waals surface area contributed by atoms with Crippen molar-refractivity contribution in [1.29, 1.82) is 0 Å². The van der Waals surface area contributed by atoms with Crippen LogP contribution in [0.1, 0.15) is 5.69 Å². The molecule has 0 aliphatic rings. The molecule has 0 fully saturated rings. The Morgan fingerprint density at radius 1 is 1.33 bits per heavy atom. The summed E-state index contributed by atoms with van der Waals surface area (Å²) in [5.41, 5.74) is 1.45. The van der Waals surface area contributed by atoms with Crippen LogP contribution in [0.4, 0.5) is 11.5 Å². The lowest BCUT2D eigenvalue weighted by atomic mass is 10.3. The molecule has 0 spiro atoms. The number of anilines is 1. The zero-order valence-corrected chi connectivity index (χ0v) is 11.4. The van der Waals surface area contributed by atoms with Gasteiger partial charge in [-0.2, -0.15) is 5.10 Å². The molecule has 0 saturated heterocycles. The van der Waals surface area contributed by atoms with Crippen molar-refractivity contribution in [1.82, 2.24) is 19.6 Å². The second-order valence-electron chi connectivity index (χ2n) is 4.17. The Bertz CT molecular complexity index is 818. The highest BCUT2D eigenvalue weighted by Gasteiger charge is 2.11. The summed E-state index contributed by atoms with van der Waals surface area (Å²) in [6.45, 7) is 0.408. The molecule has 0 bridgehead atoms. The number of hydrogen-bond donors (Lipinski definition) is 1. The van der Waals surface area contributed by atoms with E-state index < -0.39 is 4.92 Å². The Kier molecular flexibility index (Phi) is 3.36. The van der Waals surface area contributed by atoms with Crippen LogP contribution in [0.3, 0.4) is 0 Å². The molecule has 0 amide bonds. The largest absolute Gasteiger partial charge is 0.363 e. The van der Waals surface area contributed by atoms with Gasteiger partial charge < -0.3 is 5.32 Å². The van der Waals surface area contributed by atoms with Crippen molar-refractivity contribution in [3.05, 3.63) is 57.6 Å². The van der Waals surface area contributed by atoms with E-state index in [1.54, 1.807) is 23.0 Å². The molecule has 0 aromatic carbocycles. The fourth-order valence-corrected chi connectivity index (χ4v) is 2.08. The summed E-state index contributed by atoms with van der Waals surface area (Å²) in [6, 6.07) is 4.86. The van der Waals surface area contributed by atoms with Crippen molar-refractivity contribution >= 4 is 28.8 Å². The quantitative estimate of drug-likeness (QED) is 0.586. The minimum atomic E-state index is -0.543. The van der Waals surface area contributed by atoms with Crippen LogP contribution in [0.5, 0.6) is 0 Å². The van der Waals surface area contributed by atoms with Crippen LogP contribution in [0.15, 0.2) is 36.8 Å². The summed E-state index contributed by atoms with van der Waals surface area (Å²) in [7, 11) is 0. The van der Waals surface area contributed by atoms with Gasteiger partial charge in [-0.3, -0.25) is 10.1 Å². The number of nitro groups is 1. The fourth-order valence-electron chi connectivity index (χ4n) is 1.85. The van der Waals surface area contributed by atoms with Gasteiger partial charge in [-0.05, 0) is 6.07 Å². The fraction of sp³-hybridized carbons (Fsp3) is 0.0833. The average Bonchev–Trinajstić information content (AvgIpc) is 2.94. The van der Waals surface area contributed by atoms with Crippen LogP contribution in [0, 0.1) is 10.1 Å². The Hall–Kier alpha value is -2.74. The molecule has 9 heteroatoms.